The van der Waals surface area contributed by atoms with E-state index in [-0.39, 0.29) is 24.4 Å². The van der Waals surface area contributed by atoms with E-state index in [0.717, 1.165) is 12.1 Å². The highest BCUT2D eigenvalue weighted by atomic mass is 19.4. The molecule has 1 aromatic heterocycles. The van der Waals surface area contributed by atoms with Crippen molar-refractivity contribution in [3.8, 4) is 5.75 Å². The van der Waals surface area contributed by atoms with E-state index in [1.807, 2.05) is 0 Å². The monoisotopic (exact) mass is 428 g/mol. The number of carbonyl (C=O) groups is 3. The van der Waals surface area contributed by atoms with Gasteiger partial charge in [0.2, 0.25) is 0 Å². The molecule has 0 aliphatic heterocycles. The number of nitrogens with one attached hydrogen (secondary N) is 2. The van der Waals surface area contributed by atoms with Gasteiger partial charge < -0.3 is 24.5 Å². The average molecular weight is 428 g/mol. The molecule has 0 radical (unpaired) electrons. The summed E-state index contributed by atoms with van der Waals surface area (Å²) in [6, 6.07) is 7.59. The number of anilines is 1. The summed E-state index contributed by atoms with van der Waals surface area (Å²) in [6.45, 7) is 1.56. The van der Waals surface area contributed by atoms with Gasteiger partial charge in [-0.1, -0.05) is 0 Å². The number of halogens is 3. The summed E-state index contributed by atoms with van der Waals surface area (Å²) in [6.07, 6.45) is -4.31. The van der Waals surface area contributed by atoms with E-state index < -0.39 is 36.0 Å². The smallest absolute Gasteiger partial charge is 0.459 e. The normalized spacial score (nSPS) is 12.0. The van der Waals surface area contributed by atoms with Gasteiger partial charge in [-0.2, -0.15) is 0 Å². The van der Waals surface area contributed by atoms with Crippen LogP contribution in [0.15, 0.2) is 47.1 Å². The van der Waals surface area contributed by atoms with E-state index in [2.05, 4.69) is 15.4 Å². The summed E-state index contributed by atoms with van der Waals surface area (Å²) < 4.78 is 50.0. The standard InChI is InChI=1S/C19H19F3N2O6/c1-12(17(26)24-13-6-8-14(9-7-13)30-19(20,21)22)29-16(25)5-2-10-23-18(27)15-4-3-11-28-15/h3-4,6-9,11-12H,2,5,10H2,1H3,(H,23,27)(H,24,26). The molecule has 0 saturated heterocycles. The van der Waals surface area contributed by atoms with Gasteiger partial charge in [-0.15, -0.1) is 13.2 Å². The number of carbonyl (C=O) groups excluding carboxylic acids is 3. The minimum Gasteiger partial charge on any atom is -0.459 e. The van der Waals surface area contributed by atoms with Gasteiger partial charge in [-0.3, -0.25) is 14.4 Å². The molecule has 162 valence electrons. The Morgan fingerprint density at radius 1 is 1.13 bits per heavy atom. The quantitative estimate of drug-likeness (QED) is 0.469. The molecule has 0 aliphatic rings. The van der Waals surface area contributed by atoms with Crippen LogP contribution in [0.25, 0.3) is 0 Å². The highest BCUT2D eigenvalue weighted by molar-refractivity contribution is 5.95. The van der Waals surface area contributed by atoms with Crippen molar-refractivity contribution >= 4 is 23.5 Å². The van der Waals surface area contributed by atoms with Crippen molar-refractivity contribution in [2.75, 3.05) is 11.9 Å². The van der Waals surface area contributed by atoms with E-state index in [1.54, 1.807) is 6.07 Å². The van der Waals surface area contributed by atoms with Crippen LogP contribution in [-0.2, 0) is 14.3 Å². The highest BCUT2D eigenvalue weighted by Crippen LogP contribution is 2.24. The lowest BCUT2D eigenvalue weighted by molar-refractivity contribution is -0.274. The van der Waals surface area contributed by atoms with E-state index in [1.165, 1.54) is 31.4 Å². The van der Waals surface area contributed by atoms with Crippen LogP contribution in [0.4, 0.5) is 18.9 Å². The Balaban J connectivity index is 1.69. The molecule has 11 heteroatoms. The number of hydrogen-bond donors (Lipinski definition) is 2. The third kappa shape index (κ3) is 7.86. The Hall–Kier alpha value is -3.50. The van der Waals surface area contributed by atoms with Gasteiger partial charge in [0.05, 0.1) is 6.26 Å². The summed E-state index contributed by atoms with van der Waals surface area (Å²) in [5.74, 6) is -1.98. The molecule has 8 nitrogen and oxygen atoms in total. The molecule has 0 saturated carbocycles. The topological polar surface area (TPSA) is 107 Å². The van der Waals surface area contributed by atoms with E-state index in [0.29, 0.717) is 6.42 Å². The minimum atomic E-state index is -4.81. The van der Waals surface area contributed by atoms with Crippen molar-refractivity contribution in [1.82, 2.24) is 5.32 Å². The second-order valence-electron chi connectivity index (χ2n) is 6.03. The van der Waals surface area contributed by atoms with Crippen LogP contribution >= 0.6 is 0 Å². The van der Waals surface area contributed by atoms with Crippen LogP contribution in [0.1, 0.15) is 30.3 Å². The van der Waals surface area contributed by atoms with Crippen LogP contribution < -0.4 is 15.4 Å². The third-order valence-electron chi connectivity index (χ3n) is 3.62. The first-order valence-corrected chi connectivity index (χ1v) is 8.82. The van der Waals surface area contributed by atoms with Crippen molar-refractivity contribution in [2.45, 2.75) is 32.2 Å². The number of ether oxygens (including phenoxy) is 2. The number of amides is 2. The van der Waals surface area contributed by atoms with Gasteiger partial charge in [0.1, 0.15) is 5.75 Å². The Morgan fingerprint density at radius 3 is 2.43 bits per heavy atom. The van der Waals surface area contributed by atoms with Gasteiger partial charge in [0.25, 0.3) is 11.8 Å². The summed E-state index contributed by atoms with van der Waals surface area (Å²) in [4.78, 5) is 35.5. The predicted molar refractivity (Wildman–Crippen MR) is 97.6 cm³/mol. The molecule has 2 amide bonds. The van der Waals surface area contributed by atoms with Gasteiger partial charge in [-0.25, -0.2) is 0 Å². The molecule has 2 aromatic rings. The van der Waals surface area contributed by atoms with Gasteiger partial charge in [0, 0.05) is 18.7 Å². The number of esters is 1. The molecule has 30 heavy (non-hydrogen) atoms. The number of alkyl halides is 3. The maximum atomic E-state index is 12.1. The number of furan rings is 1. The lowest BCUT2D eigenvalue weighted by Gasteiger charge is -2.14. The van der Waals surface area contributed by atoms with Gasteiger partial charge in [-0.05, 0) is 49.7 Å². The van der Waals surface area contributed by atoms with Gasteiger partial charge in [0.15, 0.2) is 11.9 Å². The van der Waals surface area contributed by atoms with Crippen LogP contribution in [0, 0.1) is 0 Å². The zero-order chi connectivity index (χ0) is 22.1. The maximum Gasteiger partial charge on any atom is 0.573 e. The molecule has 0 fully saturated rings. The Kier molecular flexibility index (Phi) is 7.84. The zero-order valence-electron chi connectivity index (χ0n) is 15.8. The summed E-state index contributed by atoms with van der Waals surface area (Å²) in [5.41, 5.74) is 0.207. The van der Waals surface area contributed by atoms with Crippen LogP contribution in [0.3, 0.4) is 0 Å². The molecule has 2 N–H and O–H groups in total. The predicted octanol–water partition coefficient (Wildman–Crippen LogP) is 3.26. The first kappa shape index (κ1) is 22.8. The first-order valence-electron chi connectivity index (χ1n) is 8.82. The molecular weight excluding hydrogens is 409 g/mol. The van der Waals surface area contributed by atoms with Crippen molar-refractivity contribution in [3.63, 3.8) is 0 Å². The van der Waals surface area contributed by atoms with Gasteiger partial charge >= 0.3 is 12.3 Å². The Labute approximate surface area is 169 Å². The van der Waals surface area contributed by atoms with E-state index in [9.17, 15) is 27.6 Å². The number of benzene rings is 1. The molecule has 2 rings (SSSR count). The van der Waals surface area contributed by atoms with Crippen LogP contribution in [0.2, 0.25) is 0 Å². The summed E-state index contributed by atoms with van der Waals surface area (Å²) >= 11 is 0. The van der Waals surface area contributed by atoms with Crippen molar-refractivity contribution in [3.05, 3.63) is 48.4 Å². The second kappa shape index (κ2) is 10.3. The lowest BCUT2D eigenvalue weighted by Crippen LogP contribution is -2.30. The molecule has 1 heterocycles. The fourth-order valence-electron chi connectivity index (χ4n) is 2.22. The molecule has 1 unspecified atom stereocenters. The second-order valence-corrected chi connectivity index (χ2v) is 6.03. The van der Waals surface area contributed by atoms with Crippen molar-refractivity contribution in [1.29, 1.82) is 0 Å². The fourth-order valence-corrected chi connectivity index (χ4v) is 2.22. The average Bonchev–Trinajstić information content (AvgIpc) is 3.20. The van der Waals surface area contributed by atoms with E-state index in [4.69, 9.17) is 9.15 Å². The zero-order valence-corrected chi connectivity index (χ0v) is 15.8. The Bertz CT molecular complexity index is 850. The molecular formula is C19H19F3N2O6. The van der Waals surface area contributed by atoms with E-state index >= 15 is 0 Å². The minimum absolute atomic E-state index is 0.0282. The largest absolute Gasteiger partial charge is 0.573 e. The first-order chi connectivity index (χ1) is 14.1. The van der Waals surface area contributed by atoms with Crippen LogP contribution in [0.5, 0.6) is 5.75 Å². The molecule has 1 atom stereocenters. The van der Waals surface area contributed by atoms with Crippen molar-refractivity contribution in [2.24, 2.45) is 0 Å². The third-order valence-corrected chi connectivity index (χ3v) is 3.62. The SMILES string of the molecule is CC(OC(=O)CCCNC(=O)c1ccco1)C(=O)Nc1ccc(OC(F)(F)F)cc1. The molecule has 0 bridgehead atoms. The number of hydrogen-bond acceptors (Lipinski definition) is 6. The molecule has 1 aromatic carbocycles. The highest BCUT2D eigenvalue weighted by Gasteiger charge is 2.31. The fraction of sp³-hybridized carbons (Fsp3) is 0.316. The Morgan fingerprint density at radius 2 is 1.83 bits per heavy atom. The number of rotatable bonds is 9. The molecule has 0 aliphatic carbocycles. The van der Waals surface area contributed by atoms with Crippen LogP contribution in [-0.4, -0.2) is 36.8 Å². The lowest BCUT2D eigenvalue weighted by atomic mass is 10.2. The summed E-state index contributed by atoms with van der Waals surface area (Å²) in [7, 11) is 0. The molecule has 0 spiro atoms. The summed E-state index contributed by atoms with van der Waals surface area (Å²) in [5, 5.41) is 4.98. The van der Waals surface area contributed by atoms with Crippen molar-refractivity contribution < 1.29 is 41.4 Å². The maximum absolute atomic E-state index is 12.1.